The minimum Gasteiger partial charge on any atom is -0.481 e. The molecule has 0 aliphatic heterocycles. The topological polar surface area (TPSA) is 66.4 Å². The average Bonchev–Trinajstić information content (AvgIpc) is 2.31. The van der Waals surface area contributed by atoms with E-state index in [0.717, 1.165) is 4.90 Å². The van der Waals surface area contributed by atoms with E-state index < -0.39 is 11.4 Å². The quantitative estimate of drug-likeness (QED) is 0.764. The second kappa shape index (κ2) is 7.18. The molecule has 1 aromatic carbocycles. The van der Waals surface area contributed by atoms with Crippen molar-refractivity contribution < 1.29 is 14.7 Å². The van der Waals surface area contributed by atoms with E-state index in [0.29, 0.717) is 16.0 Å². The number of amides is 1. The van der Waals surface area contributed by atoms with Gasteiger partial charge in [-0.15, -0.1) is 11.8 Å². The van der Waals surface area contributed by atoms with Crippen LogP contribution in [0.1, 0.15) is 34.1 Å². The lowest BCUT2D eigenvalue weighted by Crippen LogP contribution is -2.29. The second-order valence-electron chi connectivity index (χ2n) is 5.72. The Balaban J connectivity index is 2.89. The molecule has 0 saturated carbocycles. The molecule has 0 aliphatic carbocycles. The zero-order valence-corrected chi connectivity index (χ0v) is 14.1. The molecule has 1 rings (SSSR count). The zero-order chi connectivity index (χ0) is 16.2. The molecule has 0 heterocycles. The Morgan fingerprint density at radius 2 is 2.00 bits per heavy atom. The highest BCUT2D eigenvalue weighted by molar-refractivity contribution is 8.00. The van der Waals surface area contributed by atoms with Gasteiger partial charge in [-0.05, 0) is 32.0 Å². The summed E-state index contributed by atoms with van der Waals surface area (Å²) in [6.45, 7) is 7.16. The third-order valence-corrected chi connectivity index (χ3v) is 4.08. The molecule has 6 heteroatoms. The number of carboxylic acids is 1. The van der Waals surface area contributed by atoms with Gasteiger partial charge in [0.1, 0.15) is 0 Å². The summed E-state index contributed by atoms with van der Waals surface area (Å²) in [6, 6.07) is 5.30. The number of carbonyl (C=O) groups excluding carboxylic acids is 1. The first-order valence-electron chi connectivity index (χ1n) is 6.61. The van der Waals surface area contributed by atoms with Crippen LogP contribution in [0.15, 0.2) is 23.1 Å². The van der Waals surface area contributed by atoms with Crippen LogP contribution in [0.3, 0.4) is 0 Å². The molecule has 0 fully saturated rings. The molecule has 21 heavy (non-hydrogen) atoms. The maximum atomic E-state index is 12.1. The molecule has 0 saturated heterocycles. The fourth-order valence-corrected chi connectivity index (χ4v) is 2.69. The third kappa shape index (κ3) is 5.59. The SMILES string of the molecule is CC(C)Sc1ccc(Cl)cc1NC(=O)CC(C)(C)C(=O)O. The number of thioether (sulfide) groups is 1. The molecule has 0 aliphatic rings. The minimum absolute atomic E-state index is 0.0966. The number of benzene rings is 1. The van der Waals surface area contributed by atoms with Crippen molar-refractivity contribution in [2.45, 2.75) is 44.3 Å². The predicted molar refractivity (Wildman–Crippen MR) is 87.1 cm³/mol. The van der Waals surface area contributed by atoms with Gasteiger partial charge in [0.2, 0.25) is 5.91 Å². The van der Waals surface area contributed by atoms with Gasteiger partial charge in [0.15, 0.2) is 0 Å². The van der Waals surface area contributed by atoms with Crippen LogP contribution < -0.4 is 5.32 Å². The highest BCUT2D eigenvalue weighted by Crippen LogP contribution is 2.33. The van der Waals surface area contributed by atoms with Gasteiger partial charge >= 0.3 is 5.97 Å². The highest BCUT2D eigenvalue weighted by Gasteiger charge is 2.30. The van der Waals surface area contributed by atoms with E-state index in [1.165, 1.54) is 13.8 Å². The molecule has 116 valence electrons. The van der Waals surface area contributed by atoms with Crippen molar-refractivity contribution in [1.29, 1.82) is 0 Å². The van der Waals surface area contributed by atoms with Crippen molar-refractivity contribution in [2.75, 3.05) is 5.32 Å². The molecular weight excluding hydrogens is 310 g/mol. The second-order valence-corrected chi connectivity index (χ2v) is 7.78. The van der Waals surface area contributed by atoms with Crippen LogP contribution in [0.25, 0.3) is 0 Å². The number of halogens is 1. The third-order valence-electron chi connectivity index (χ3n) is 2.76. The Morgan fingerprint density at radius 3 is 2.52 bits per heavy atom. The lowest BCUT2D eigenvalue weighted by atomic mass is 9.89. The van der Waals surface area contributed by atoms with Gasteiger partial charge in [-0.2, -0.15) is 0 Å². The predicted octanol–water partition coefficient (Wildman–Crippen LogP) is 4.28. The average molecular weight is 330 g/mol. The number of nitrogens with one attached hydrogen (secondary N) is 1. The molecule has 1 amide bonds. The molecule has 4 nitrogen and oxygen atoms in total. The van der Waals surface area contributed by atoms with Gasteiger partial charge in [-0.25, -0.2) is 0 Å². The molecule has 1 aromatic rings. The summed E-state index contributed by atoms with van der Waals surface area (Å²) in [5.74, 6) is -1.34. The summed E-state index contributed by atoms with van der Waals surface area (Å²) in [6.07, 6.45) is -0.0966. The molecular formula is C15H20ClNO3S. The smallest absolute Gasteiger partial charge is 0.309 e. The minimum atomic E-state index is -1.10. The first-order valence-corrected chi connectivity index (χ1v) is 7.87. The first kappa shape index (κ1) is 17.9. The van der Waals surface area contributed by atoms with Crippen LogP contribution in [-0.4, -0.2) is 22.2 Å². The van der Waals surface area contributed by atoms with E-state index >= 15 is 0 Å². The van der Waals surface area contributed by atoms with Crippen LogP contribution in [0.4, 0.5) is 5.69 Å². The van der Waals surface area contributed by atoms with Crippen LogP contribution in [0.5, 0.6) is 0 Å². The summed E-state index contributed by atoms with van der Waals surface area (Å²) in [7, 11) is 0. The van der Waals surface area contributed by atoms with Crippen LogP contribution in [0, 0.1) is 5.41 Å². The van der Waals surface area contributed by atoms with E-state index in [9.17, 15) is 9.59 Å². The first-order chi connectivity index (χ1) is 9.61. The normalized spacial score (nSPS) is 11.5. The molecule has 0 bridgehead atoms. The number of hydrogen-bond acceptors (Lipinski definition) is 3. The Hall–Kier alpha value is -1.20. The lowest BCUT2D eigenvalue weighted by molar-refractivity contribution is -0.148. The highest BCUT2D eigenvalue weighted by atomic mass is 35.5. The van der Waals surface area contributed by atoms with Gasteiger partial charge in [0, 0.05) is 21.6 Å². The van der Waals surface area contributed by atoms with Crippen LogP contribution in [0.2, 0.25) is 5.02 Å². The standard InChI is InChI=1S/C15H20ClNO3S/c1-9(2)21-12-6-5-10(16)7-11(12)17-13(18)8-15(3,4)14(19)20/h5-7,9H,8H2,1-4H3,(H,17,18)(H,19,20). The van der Waals surface area contributed by atoms with E-state index in [2.05, 4.69) is 19.2 Å². The zero-order valence-electron chi connectivity index (χ0n) is 12.6. The summed E-state index contributed by atoms with van der Waals surface area (Å²) in [5.41, 5.74) is -0.485. The fraction of sp³-hybridized carbons (Fsp3) is 0.467. The van der Waals surface area contributed by atoms with Gasteiger partial charge < -0.3 is 10.4 Å². The summed E-state index contributed by atoms with van der Waals surface area (Å²) >= 11 is 7.58. The van der Waals surface area contributed by atoms with E-state index in [4.69, 9.17) is 16.7 Å². The monoisotopic (exact) mass is 329 g/mol. The van der Waals surface area contributed by atoms with E-state index in [1.54, 1.807) is 23.9 Å². The van der Waals surface area contributed by atoms with Crippen molar-refractivity contribution in [3.63, 3.8) is 0 Å². The Bertz CT molecular complexity index is 544. The Morgan fingerprint density at radius 1 is 1.38 bits per heavy atom. The fourth-order valence-electron chi connectivity index (χ4n) is 1.63. The van der Waals surface area contributed by atoms with Crippen LogP contribution >= 0.6 is 23.4 Å². The number of carbonyl (C=O) groups is 2. The molecule has 0 atom stereocenters. The van der Waals surface area contributed by atoms with E-state index in [1.807, 2.05) is 6.07 Å². The van der Waals surface area contributed by atoms with Gasteiger partial charge in [0.05, 0.1) is 11.1 Å². The number of aliphatic carboxylic acids is 1. The number of carboxylic acid groups (broad SMARTS) is 1. The van der Waals surface area contributed by atoms with Gasteiger partial charge in [-0.1, -0.05) is 25.4 Å². The maximum Gasteiger partial charge on any atom is 0.309 e. The Labute approximate surface area is 134 Å². The summed E-state index contributed by atoms with van der Waals surface area (Å²) in [4.78, 5) is 24.0. The van der Waals surface area contributed by atoms with E-state index in [-0.39, 0.29) is 12.3 Å². The summed E-state index contributed by atoms with van der Waals surface area (Å²) < 4.78 is 0. The molecule has 0 spiro atoms. The van der Waals surface area contributed by atoms with Gasteiger partial charge in [-0.3, -0.25) is 9.59 Å². The van der Waals surface area contributed by atoms with Crippen molar-refractivity contribution >= 4 is 40.9 Å². The molecule has 2 N–H and O–H groups in total. The molecule has 0 radical (unpaired) electrons. The largest absolute Gasteiger partial charge is 0.481 e. The van der Waals surface area contributed by atoms with Crippen molar-refractivity contribution in [1.82, 2.24) is 0 Å². The number of hydrogen-bond donors (Lipinski definition) is 2. The number of rotatable bonds is 6. The van der Waals surface area contributed by atoms with Crippen molar-refractivity contribution in [3.05, 3.63) is 23.2 Å². The van der Waals surface area contributed by atoms with Gasteiger partial charge in [0.25, 0.3) is 0 Å². The van der Waals surface area contributed by atoms with Crippen molar-refractivity contribution in [2.24, 2.45) is 5.41 Å². The summed E-state index contributed by atoms with van der Waals surface area (Å²) in [5, 5.41) is 12.7. The number of anilines is 1. The van der Waals surface area contributed by atoms with Crippen molar-refractivity contribution in [3.8, 4) is 0 Å². The molecule has 0 unspecified atom stereocenters. The lowest BCUT2D eigenvalue weighted by Gasteiger charge is -2.19. The Kier molecular flexibility index (Phi) is 6.10. The molecule has 0 aromatic heterocycles. The maximum absolute atomic E-state index is 12.1. The van der Waals surface area contributed by atoms with Crippen LogP contribution in [-0.2, 0) is 9.59 Å².